The summed E-state index contributed by atoms with van der Waals surface area (Å²) in [6.07, 6.45) is 5.19. The number of carbonyl (C=O) groups is 1. The molecule has 0 radical (unpaired) electrons. The molecular weight excluding hydrogens is 608 g/mol. The first kappa shape index (κ1) is 33.8. The molecule has 3 aromatic carbocycles. The Balaban J connectivity index is 0.000000182. The Morgan fingerprint density at radius 2 is 1.56 bits per heavy atom. The highest BCUT2D eigenvalue weighted by molar-refractivity contribution is 5.87. The minimum Gasteiger partial charge on any atom is -0.495 e. The van der Waals surface area contributed by atoms with Gasteiger partial charge in [0.25, 0.3) is 0 Å². The van der Waals surface area contributed by atoms with Crippen LogP contribution in [0.2, 0.25) is 0 Å². The van der Waals surface area contributed by atoms with Crippen LogP contribution in [-0.4, -0.2) is 94.8 Å². The quantitative estimate of drug-likeness (QED) is 0.277. The van der Waals surface area contributed by atoms with Crippen LogP contribution in [0.5, 0.6) is 11.5 Å². The third-order valence-electron chi connectivity index (χ3n) is 9.79. The Morgan fingerprint density at radius 1 is 0.854 bits per heavy atom. The van der Waals surface area contributed by atoms with Gasteiger partial charge in [-0.25, -0.2) is 4.79 Å². The fraction of sp³-hybridized carbons (Fsp3) is 0.447. The van der Waals surface area contributed by atoms with E-state index in [1.165, 1.54) is 37.1 Å². The van der Waals surface area contributed by atoms with Gasteiger partial charge in [0.15, 0.2) is 0 Å². The number of likely N-dealkylation sites (tertiary alicyclic amines) is 1. The van der Waals surface area contributed by atoms with Crippen molar-refractivity contribution in [3.63, 3.8) is 0 Å². The van der Waals surface area contributed by atoms with Gasteiger partial charge in [-0.2, -0.15) is 0 Å². The van der Waals surface area contributed by atoms with E-state index in [1.54, 1.807) is 14.2 Å². The van der Waals surface area contributed by atoms with Crippen LogP contribution in [0.15, 0.2) is 72.8 Å². The van der Waals surface area contributed by atoms with Crippen LogP contribution in [0.4, 0.5) is 16.2 Å². The average molecular weight is 657 g/mol. The van der Waals surface area contributed by atoms with Gasteiger partial charge >= 0.3 is 6.09 Å². The minimum absolute atomic E-state index is 0.225. The molecule has 3 aromatic rings. The van der Waals surface area contributed by atoms with Crippen LogP contribution >= 0.6 is 0 Å². The first-order chi connectivity index (χ1) is 23.5. The van der Waals surface area contributed by atoms with E-state index in [-0.39, 0.29) is 6.61 Å². The van der Waals surface area contributed by atoms with Gasteiger partial charge in [0.05, 0.1) is 64.1 Å². The molecule has 7 rings (SSSR count). The lowest BCUT2D eigenvalue weighted by Crippen LogP contribution is -2.51. The third kappa shape index (κ3) is 8.49. The van der Waals surface area contributed by atoms with Gasteiger partial charge in [-0.1, -0.05) is 48.5 Å². The van der Waals surface area contributed by atoms with Gasteiger partial charge in [-0.05, 0) is 84.8 Å². The summed E-state index contributed by atoms with van der Waals surface area (Å²) in [5.41, 5.74) is 11.9. The van der Waals surface area contributed by atoms with Gasteiger partial charge in [-0.3, -0.25) is 15.1 Å². The molecule has 0 aliphatic carbocycles. The largest absolute Gasteiger partial charge is 0.495 e. The van der Waals surface area contributed by atoms with E-state index in [0.29, 0.717) is 29.4 Å². The molecule has 0 saturated carbocycles. The molecule has 0 unspecified atom stereocenters. The summed E-state index contributed by atoms with van der Waals surface area (Å²) >= 11 is 0. The standard InChI is InChI=1S/C23H26N2O4.C15H22N2O2/c1-27-22-13-19(18-9-11-25(12-10-18)20-15-28-16-20)7-8-21(22)24-23(26)29-14-17-5-3-2-4-6-17;1-18-15-8-12(2-3-14(15)16)11-4-6-17(7-5-11)13-9-19-10-13/h2-9,13,20H,10-12,14-16H2,1H3,(H,24,26);2-3,8,11,13H,4-7,9-10,16H2,1H3. The minimum atomic E-state index is -0.504. The van der Waals surface area contributed by atoms with Gasteiger partial charge in [0, 0.05) is 13.1 Å². The molecule has 3 saturated heterocycles. The van der Waals surface area contributed by atoms with Crippen molar-refractivity contribution in [2.24, 2.45) is 0 Å². The van der Waals surface area contributed by atoms with Gasteiger partial charge in [-0.15, -0.1) is 0 Å². The first-order valence-corrected chi connectivity index (χ1v) is 16.9. The van der Waals surface area contributed by atoms with E-state index >= 15 is 0 Å². The number of piperidine rings is 1. The predicted octanol–water partition coefficient (Wildman–Crippen LogP) is 5.79. The van der Waals surface area contributed by atoms with Crippen molar-refractivity contribution in [2.75, 3.05) is 77.9 Å². The Hall–Kier alpha value is -4.09. The van der Waals surface area contributed by atoms with Crippen molar-refractivity contribution in [3.05, 3.63) is 89.5 Å². The molecule has 10 heteroatoms. The van der Waals surface area contributed by atoms with Crippen molar-refractivity contribution >= 4 is 23.0 Å². The number of nitrogens with zero attached hydrogens (tertiary/aromatic N) is 2. The van der Waals surface area contributed by atoms with Crippen LogP contribution < -0.4 is 20.5 Å². The summed E-state index contributed by atoms with van der Waals surface area (Å²) in [5.74, 6) is 2.05. The summed E-state index contributed by atoms with van der Waals surface area (Å²) in [6, 6.07) is 22.9. The molecule has 0 bridgehead atoms. The monoisotopic (exact) mass is 656 g/mol. The maximum Gasteiger partial charge on any atom is 0.412 e. The van der Waals surface area contributed by atoms with E-state index < -0.39 is 6.09 Å². The second kappa shape index (κ2) is 16.3. The molecule has 4 heterocycles. The number of nitrogens with one attached hydrogen (secondary N) is 1. The van der Waals surface area contributed by atoms with Crippen LogP contribution in [0.1, 0.15) is 41.9 Å². The number of benzene rings is 3. The average Bonchev–Trinajstić information content (AvgIpc) is 3.08. The Bertz CT molecular complexity index is 1530. The number of hydrogen-bond donors (Lipinski definition) is 2. The van der Waals surface area contributed by atoms with Crippen molar-refractivity contribution < 1.29 is 28.5 Å². The van der Waals surface area contributed by atoms with E-state index in [1.807, 2.05) is 54.6 Å². The molecule has 3 N–H and O–H groups in total. The number of carbonyl (C=O) groups excluding carboxylic acids is 1. The molecule has 3 fully saturated rings. The predicted molar refractivity (Wildman–Crippen MR) is 188 cm³/mol. The van der Waals surface area contributed by atoms with Crippen molar-refractivity contribution in [1.82, 2.24) is 9.80 Å². The number of amides is 1. The molecule has 4 aliphatic rings. The zero-order valence-corrected chi connectivity index (χ0v) is 28.1. The Kier molecular flexibility index (Phi) is 11.5. The second-order valence-electron chi connectivity index (χ2n) is 12.8. The maximum absolute atomic E-state index is 12.2. The van der Waals surface area contributed by atoms with E-state index in [4.69, 9.17) is 29.4 Å². The van der Waals surface area contributed by atoms with Crippen LogP contribution in [0.25, 0.3) is 5.57 Å². The Morgan fingerprint density at radius 3 is 2.19 bits per heavy atom. The fourth-order valence-electron chi connectivity index (χ4n) is 6.59. The lowest BCUT2D eigenvalue weighted by Gasteiger charge is -2.41. The Labute approximate surface area is 283 Å². The molecule has 256 valence electrons. The van der Waals surface area contributed by atoms with Crippen LogP contribution in [0, 0.1) is 0 Å². The molecule has 0 atom stereocenters. The maximum atomic E-state index is 12.2. The van der Waals surface area contributed by atoms with Crippen LogP contribution in [-0.2, 0) is 20.8 Å². The van der Waals surface area contributed by atoms with E-state index in [0.717, 1.165) is 68.5 Å². The van der Waals surface area contributed by atoms with Gasteiger partial charge < -0.3 is 29.4 Å². The second-order valence-corrected chi connectivity index (χ2v) is 12.8. The van der Waals surface area contributed by atoms with Gasteiger partial charge in [0.1, 0.15) is 18.1 Å². The number of nitrogens with two attached hydrogens (primary N) is 1. The highest BCUT2D eigenvalue weighted by Crippen LogP contribution is 2.34. The summed E-state index contributed by atoms with van der Waals surface area (Å²) in [4.78, 5) is 17.2. The van der Waals surface area contributed by atoms with Crippen molar-refractivity contribution in [3.8, 4) is 11.5 Å². The smallest absolute Gasteiger partial charge is 0.412 e. The van der Waals surface area contributed by atoms with Gasteiger partial charge in [0.2, 0.25) is 0 Å². The third-order valence-corrected chi connectivity index (χ3v) is 9.79. The number of nitrogen functional groups attached to an aromatic ring is 1. The molecule has 48 heavy (non-hydrogen) atoms. The fourth-order valence-corrected chi connectivity index (χ4v) is 6.59. The molecule has 1 amide bonds. The SMILES string of the molecule is COc1cc(C2=CCN(C3COC3)CC2)ccc1NC(=O)OCc1ccccc1.COc1cc(C2CCN(C3COC3)CC2)ccc1N. The highest BCUT2D eigenvalue weighted by atomic mass is 16.5. The zero-order chi connectivity index (χ0) is 33.3. The first-order valence-electron chi connectivity index (χ1n) is 16.9. The summed E-state index contributed by atoms with van der Waals surface area (Å²) in [7, 11) is 3.28. The molecule has 4 aliphatic heterocycles. The van der Waals surface area contributed by atoms with E-state index in [2.05, 4.69) is 33.3 Å². The summed E-state index contributed by atoms with van der Waals surface area (Å²) in [5, 5.41) is 2.77. The van der Waals surface area contributed by atoms with E-state index in [9.17, 15) is 4.79 Å². The zero-order valence-electron chi connectivity index (χ0n) is 28.1. The number of methoxy groups -OCH3 is 2. The molecule has 0 aromatic heterocycles. The van der Waals surface area contributed by atoms with Crippen molar-refractivity contribution in [2.45, 2.75) is 43.9 Å². The molecule has 0 spiro atoms. The summed E-state index contributed by atoms with van der Waals surface area (Å²) < 4.78 is 26.7. The van der Waals surface area contributed by atoms with Crippen molar-refractivity contribution in [1.29, 1.82) is 0 Å². The number of hydrogen-bond acceptors (Lipinski definition) is 9. The summed E-state index contributed by atoms with van der Waals surface area (Å²) in [6.45, 7) is 8.07. The molecular formula is C38H48N4O6. The molecule has 10 nitrogen and oxygen atoms in total. The normalized spacial score (nSPS) is 19.2. The topological polar surface area (TPSA) is 108 Å². The van der Waals surface area contributed by atoms with Crippen LogP contribution in [0.3, 0.4) is 0 Å². The number of rotatable bonds is 9. The number of ether oxygens (including phenoxy) is 5. The number of anilines is 2. The lowest BCUT2D eigenvalue weighted by atomic mass is 9.88. The lowest BCUT2D eigenvalue weighted by molar-refractivity contribution is -0.0712. The highest BCUT2D eigenvalue weighted by Gasteiger charge is 2.30.